The fourth-order valence-electron chi connectivity index (χ4n) is 2.58. The quantitative estimate of drug-likeness (QED) is 0.436. The van der Waals surface area contributed by atoms with Gasteiger partial charge in [-0.25, -0.2) is 4.39 Å². The molecule has 2 aromatic carbocycles. The molecule has 0 radical (unpaired) electrons. The summed E-state index contributed by atoms with van der Waals surface area (Å²) in [6.07, 6.45) is 0. The van der Waals surface area contributed by atoms with Crippen LogP contribution in [0, 0.1) is 5.82 Å². The van der Waals surface area contributed by atoms with Gasteiger partial charge in [0.2, 0.25) is 0 Å². The number of nitrogens with two attached hydrogens (primary N) is 1. The molecule has 0 saturated heterocycles. The molecule has 0 amide bonds. The lowest BCUT2D eigenvalue weighted by Crippen LogP contribution is -2.31. The van der Waals surface area contributed by atoms with Gasteiger partial charge in [-0.15, -0.1) is 10.2 Å². The maximum absolute atomic E-state index is 14.4. The first-order valence-electron chi connectivity index (χ1n) is 9.17. The molecule has 3 rings (SSSR count). The Bertz CT molecular complexity index is 1030. The summed E-state index contributed by atoms with van der Waals surface area (Å²) in [4.78, 5) is 0. The lowest BCUT2D eigenvalue weighted by Gasteiger charge is -2.12. The van der Waals surface area contributed by atoms with E-state index < -0.39 is 11.9 Å². The molecule has 0 aliphatic heterocycles. The smallest absolute Gasteiger partial charge is 0.165 e. The molecule has 0 bridgehead atoms. The monoisotopic (exact) mass is 470 g/mol. The van der Waals surface area contributed by atoms with Gasteiger partial charge < -0.3 is 20.9 Å². The van der Waals surface area contributed by atoms with Crippen LogP contribution in [-0.2, 0) is 0 Å². The normalized spacial score (nSPS) is 12.3. The van der Waals surface area contributed by atoms with Gasteiger partial charge in [-0.1, -0.05) is 34.5 Å². The first kappa shape index (κ1) is 22.7. The van der Waals surface area contributed by atoms with Gasteiger partial charge in [0.1, 0.15) is 16.6 Å². The van der Waals surface area contributed by atoms with Gasteiger partial charge in [0.05, 0.1) is 28.4 Å². The van der Waals surface area contributed by atoms with Crippen LogP contribution >= 0.6 is 34.5 Å². The summed E-state index contributed by atoms with van der Waals surface area (Å²) in [5.74, 6) is -0.652. The number of rotatable bonds is 8. The third-order valence-electron chi connectivity index (χ3n) is 4.02. The fourth-order valence-corrected chi connectivity index (χ4v) is 3.98. The van der Waals surface area contributed by atoms with Gasteiger partial charge in [-0.2, -0.15) is 0 Å². The maximum atomic E-state index is 14.4. The van der Waals surface area contributed by atoms with Crippen molar-refractivity contribution < 1.29 is 14.2 Å². The molecule has 0 spiro atoms. The standard InChI is InChI=1S/C20H21Cl2FN4O2S/c1-10(2)25-17-4-3-11(5-15(17)22)19-26-27-20(30-19)13-6-16(23)18(7-14(13)21)29-9-12(24)8-28/h3-7,10,12,25,28H,8-9,24H2,1-2H3/t12-/m1/s1. The van der Waals surface area contributed by atoms with Gasteiger partial charge in [0.15, 0.2) is 11.6 Å². The predicted octanol–water partition coefficient (Wildman–Crippen LogP) is 4.84. The molecule has 1 atom stereocenters. The third-order valence-corrected chi connectivity index (χ3v) is 5.66. The van der Waals surface area contributed by atoms with Crippen LogP contribution < -0.4 is 15.8 Å². The van der Waals surface area contributed by atoms with E-state index in [-0.39, 0.29) is 30.0 Å². The molecule has 1 aromatic heterocycles. The number of aromatic nitrogens is 2. The lowest BCUT2D eigenvalue weighted by molar-refractivity contribution is 0.202. The SMILES string of the molecule is CC(C)Nc1ccc(-c2nnc(-c3cc(F)c(OC[C@H](N)CO)cc3Cl)s2)cc1Cl. The summed E-state index contributed by atoms with van der Waals surface area (Å²) < 4.78 is 19.7. The van der Waals surface area contributed by atoms with E-state index in [0.29, 0.717) is 20.6 Å². The highest BCUT2D eigenvalue weighted by Crippen LogP contribution is 2.38. The molecule has 0 aliphatic carbocycles. The van der Waals surface area contributed by atoms with Gasteiger partial charge in [-0.3, -0.25) is 0 Å². The highest BCUT2D eigenvalue weighted by Gasteiger charge is 2.17. The summed E-state index contributed by atoms with van der Waals surface area (Å²) in [6, 6.07) is 7.84. The Hall–Kier alpha value is -1.97. The van der Waals surface area contributed by atoms with Crippen LogP contribution in [0.1, 0.15) is 13.8 Å². The van der Waals surface area contributed by atoms with Crippen molar-refractivity contribution in [2.45, 2.75) is 25.9 Å². The second-order valence-electron chi connectivity index (χ2n) is 6.92. The third kappa shape index (κ3) is 5.39. The number of aliphatic hydroxyl groups excluding tert-OH is 1. The number of hydrogen-bond acceptors (Lipinski definition) is 7. The second-order valence-corrected chi connectivity index (χ2v) is 8.71. The average Bonchev–Trinajstić information content (AvgIpc) is 3.19. The molecular weight excluding hydrogens is 450 g/mol. The molecule has 10 heteroatoms. The fraction of sp³-hybridized carbons (Fsp3) is 0.300. The minimum Gasteiger partial charge on any atom is -0.489 e. The van der Waals surface area contributed by atoms with Crippen LogP contribution in [-0.4, -0.2) is 40.6 Å². The van der Waals surface area contributed by atoms with Crippen LogP contribution in [0.5, 0.6) is 5.75 Å². The van der Waals surface area contributed by atoms with Crippen molar-refractivity contribution in [1.29, 1.82) is 0 Å². The highest BCUT2D eigenvalue weighted by molar-refractivity contribution is 7.18. The van der Waals surface area contributed by atoms with E-state index >= 15 is 0 Å². The van der Waals surface area contributed by atoms with E-state index in [1.165, 1.54) is 23.5 Å². The Morgan fingerprint density at radius 1 is 1.17 bits per heavy atom. The van der Waals surface area contributed by atoms with E-state index in [2.05, 4.69) is 15.5 Å². The Labute approximate surface area is 187 Å². The van der Waals surface area contributed by atoms with Crippen LogP contribution in [0.2, 0.25) is 10.0 Å². The summed E-state index contributed by atoms with van der Waals surface area (Å²) in [7, 11) is 0. The molecule has 160 valence electrons. The van der Waals surface area contributed by atoms with Crippen molar-refractivity contribution in [2.24, 2.45) is 5.73 Å². The zero-order valence-electron chi connectivity index (χ0n) is 16.3. The number of nitrogens with one attached hydrogen (secondary N) is 1. The maximum Gasteiger partial charge on any atom is 0.165 e. The Kier molecular flexibility index (Phi) is 7.49. The molecule has 0 aliphatic rings. The lowest BCUT2D eigenvalue weighted by atomic mass is 10.2. The largest absolute Gasteiger partial charge is 0.489 e. The van der Waals surface area contributed by atoms with Crippen LogP contribution in [0.4, 0.5) is 10.1 Å². The number of hydrogen-bond donors (Lipinski definition) is 3. The molecule has 6 nitrogen and oxygen atoms in total. The first-order valence-corrected chi connectivity index (χ1v) is 10.7. The summed E-state index contributed by atoms with van der Waals surface area (Å²) in [5, 5.41) is 22.5. The van der Waals surface area contributed by atoms with Crippen molar-refractivity contribution in [3.8, 4) is 26.9 Å². The molecular formula is C20H21Cl2FN4O2S. The van der Waals surface area contributed by atoms with Crippen molar-refractivity contribution in [2.75, 3.05) is 18.5 Å². The highest BCUT2D eigenvalue weighted by atomic mass is 35.5. The molecule has 4 N–H and O–H groups in total. The topological polar surface area (TPSA) is 93.3 Å². The zero-order chi connectivity index (χ0) is 21.8. The molecule has 30 heavy (non-hydrogen) atoms. The van der Waals surface area contributed by atoms with Gasteiger partial charge in [0, 0.05) is 23.2 Å². The summed E-state index contributed by atoms with van der Waals surface area (Å²) in [5.41, 5.74) is 7.61. The Balaban J connectivity index is 1.84. The first-order chi connectivity index (χ1) is 14.3. The predicted molar refractivity (Wildman–Crippen MR) is 120 cm³/mol. The molecule has 0 saturated carbocycles. The van der Waals surface area contributed by atoms with E-state index in [9.17, 15) is 4.39 Å². The summed E-state index contributed by atoms with van der Waals surface area (Å²) in [6.45, 7) is 3.76. The number of benzene rings is 2. The minimum absolute atomic E-state index is 0.0333. The minimum atomic E-state index is -0.609. The molecule has 0 unspecified atom stereocenters. The van der Waals surface area contributed by atoms with E-state index in [4.69, 9.17) is 38.8 Å². The van der Waals surface area contributed by atoms with Crippen molar-refractivity contribution in [1.82, 2.24) is 10.2 Å². The Morgan fingerprint density at radius 2 is 1.90 bits per heavy atom. The van der Waals surface area contributed by atoms with Crippen LogP contribution in [0.3, 0.4) is 0 Å². The number of halogens is 3. The van der Waals surface area contributed by atoms with Gasteiger partial charge in [-0.05, 0) is 38.1 Å². The Morgan fingerprint density at radius 3 is 2.57 bits per heavy atom. The van der Waals surface area contributed by atoms with Crippen molar-refractivity contribution >= 4 is 40.2 Å². The molecule has 0 fully saturated rings. The second kappa shape index (κ2) is 9.89. The summed E-state index contributed by atoms with van der Waals surface area (Å²) >= 11 is 13.9. The number of ether oxygens (including phenoxy) is 1. The van der Waals surface area contributed by atoms with Crippen LogP contribution in [0.25, 0.3) is 21.1 Å². The zero-order valence-corrected chi connectivity index (χ0v) is 18.7. The average molecular weight is 471 g/mol. The van der Waals surface area contributed by atoms with Gasteiger partial charge >= 0.3 is 0 Å². The molecule has 1 heterocycles. The van der Waals surface area contributed by atoms with Crippen LogP contribution in [0.15, 0.2) is 30.3 Å². The van der Waals surface area contributed by atoms with E-state index in [1.807, 2.05) is 26.0 Å². The number of nitrogens with zero attached hydrogens (tertiary/aromatic N) is 2. The number of anilines is 1. The van der Waals surface area contributed by atoms with Gasteiger partial charge in [0.25, 0.3) is 0 Å². The van der Waals surface area contributed by atoms with Crippen molar-refractivity contribution in [3.05, 3.63) is 46.2 Å². The van der Waals surface area contributed by atoms with E-state index in [1.54, 1.807) is 6.07 Å². The molecule has 3 aromatic rings. The van der Waals surface area contributed by atoms with E-state index in [0.717, 1.165) is 11.3 Å². The van der Waals surface area contributed by atoms with Crippen molar-refractivity contribution in [3.63, 3.8) is 0 Å². The number of aliphatic hydroxyl groups is 1.